The molecule has 0 aromatic carbocycles. The van der Waals surface area contributed by atoms with Gasteiger partial charge in [0, 0.05) is 19.7 Å². The van der Waals surface area contributed by atoms with Gasteiger partial charge < -0.3 is 4.74 Å². The first-order valence-electron chi connectivity index (χ1n) is 3.63. The van der Waals surface area contributed by atoms with Crippen molar-refractivity contribution in [2.75, 3.05) is 32.6 Å². The van der Waals surface area contributed by atoms with Crippen molar-refractivity contribution in [2.24, 2.45) is 0 Å². The van der Waals surface area contributed by atoms with Gasteiger partial charge in [0.25, 0.3) is 0 Å². The monoisotopic (exact) mass is 179 g/mol. The summed E-state index contributed by atoms with van der Waals surface area (Å²) >= 11 is 0. The fraction of sp³-hybridized carbons (Fsp3) is 1.00. The number of sulfonamides is 1. The van der Waals surface area contributed by atoms with Crippen molar-refractivity contribution in [1.82, 2.24) is 4.31 Å². The Bertz CT molecular complexity index is 204. The quantitative estimate of drug-likeness (QED) is 0.553. The van der Waals surface area contributed by atoms with Gasteiger partial charge in [0.1, 0.15) is 0 Å². The first-order valence-corrected chi connectivity index (χ1v) is 5.48. The van der Waals surface area contributed by atoms with Crippen LogP contribution < -0.4 is 0 Å². The van der Waals surface area contributed by atoms with E-state index in [4.69, 9.17) is 4.74 Å². The molecule has 0 unspecified atom stereocenters. The maximum absolute atomic E-state index is 11.0. The van der Waals surface area contributed by atoms with Crippen LogP contribution in [0.3, 0.4) is 0 Å². The van der Waals surface area contributed by atoms with Crippen LogP contribution in [0.25, 0.3) is 0 Å². The molecule has 0 spiro atoms. The lowest BCUT2D eigenvalue weighted by molar-refractivity contribution is 0.148. The smallest absolute Gasteiger partial charge is 0.211 e. The molecule has 1 saturated heterocycles. The SMILES string of the molecule is CS(=O)(=O)N1CCCOCC1. The molecule has 1 fully saturated rings. The normalized spacial score (nSPS) is 23.0. The van der Waals surface area contributed by atoms with E-state index >= 15 is 0 Å². The number of ether oxygens (including phenoxy) is 1. The van der Waals surface area contributed by atoms with Gasteiger partial charge in [0.05, 0.1) is 12.9 Å². The molecule has 1 heterocycles. The Kier molecular flexibility index (Phi) is 2.86. The summed E-state index contributed by atoms with van der Waals surface area (Å²) in [5.41, 5.74) is 0. The minimum Gasteiger partial charge on any atom is -0.380 e. The number of hydrogen-bond donors (Lipinski definition) is 0. The number of nitrogens with zero attached hydrogens (tertiary/aromatic N) is 1. The summed E-state index contributed by atoms with van der Waals surface area (Å²) in [5.74, 6) is 0. The molecule has 5 heteroatoms. The van der Waals surface area contributed by atoms with E-state index in [1.807, 2.05) is 0 Å². The zero-order valence-electron chi connectivity index (χ0n) is 6.62. The van der Waals surface area contributed by atoms with Crippen LogP contribution in [0.5, 0.6) is 0 Å². The molecular formula is C6H13NO3S. The van der Waals surface area contributed by atoms with Gasteiger partial charge in [0.15, 0.2) is 0 Å². The lowest BCUT2D eigenvalue weighted by Crippen LogP contribution is -2.32. The summed E-state index contributed by atoms with van der Waals surface area (Å²) < 4.78 is 28.6. The molecule has 66 valence electrons. The molecule has 0 bridgehead atoms. The van der Waals surface area contributed by atoms with Gasteiger partial charge in [-0.15, -0.1) is 0 Å². The molecule has 0 amide bonds. The van der Waals surface area contributed by atoms with Gasteiger partial charge in [0.2, 0.25) is 10.0 Å². The van der Waals surface area contributed by atoms with Crippen molar-refractivity contribution in [1.29, 1.82) is 0 Å². The molecule has 0 radical (unpaired) electrons. The molecule has 0 aromatic rings. The van der Waals surface area contributed by atoms with Gasteiger partial charge >= 0.3 is 0 Å². The van der Waals surface area contributed by atoms with Crippen LogP contribution in [0, 0.1) is 0 Å². The van der Waals surface area contributed by atoms with Crippen LogP contribution in [0.15, 0.2) is 0 Å². The Morgan fingerprint density at radius 2 is 2.00 bits per heavy atom. The molecule has 4 nitrogen and oxygen atoms in total. The molecule has 0 atom stereocenters. The minimum atomic E-state index is -3.00. The van der Waals surface area contributed by atoms with Crippen LogP contribution in [0.1, 0.15) is 6.42 Å². The maximum Gasteiger partial charge on any atom is 0.211 e. The molecule has 0 N–H and O–H groups in total. The Hall–Kier alpha value is -0.130. The highest BCUT2D eigenvalue weighted by molar-refractivity contribution is 7.88. The lowest BCUT2D eigenvalue weighted by Gasteiger charge is -2.15. The second-order valence-corrected chi connectivity index (χ2v) is 4.61. The third-order valence-electron chi connectivity index (χ3n) is 1.65. The van der Waals surface area contributed by atoms with Crippen LogP contribution in [0.2, 0.25) is 0 Å². The standard InChI is InChI=1S/C6H13NO3S/c1-11(8,9)7-3-2-5-10-6-4-7/h2-6H2,1H3. The Labute approximate surface area is 67.2 Å². The fourth-order valence-electron chi connectivity index (χ4n) is 1.05. The average molecular weight is 179 g/mol. The van der Waals surface area contributed by atoms with Crippen molar-refractivity contribution in [3.8, 4) is 0 Å². The number of hydrogen-bond acceptors (Lipinski definition) is 3. The van der Waals surface area contributed by atoms with Gasteiger partial charge in [-0.1, -0.05) is 0 Å². The van der Waals surface area contributed by atoms with Gasteiger partial charge in [-0.3, -0.25) is 0 Å². The second-order valence-electron chi connectivity index (χ2n) is 2.63. The molecule has 11 heavy (non-hydrogen) atoms. The number of rotatable bonds is 1. The average Bonchev–Trinajstić information content (AvgIpc) is 2.10. The maximum atomic E-state index is 11.0. The summed E-state index contributed by atoms with van der Waals surface area (Å²) in [6.07, 6.45) is 2.03. The van der Waals surface area contributed by atoms with Crippen LogP contribution in [-0.4, -0.2) is 45.3 Å². The lowest BCUT2D eigenvalue weighted by atomic mass is 10.5. The van der Waals surface area contributed by atoms with Gasteiger partial charge in [-0.25, -0.2) is 8.42 Å². The van der Waals surface area contributed by atoms with Crippen LogP contribution >= 0.6 is 0 Å². The summed E-state index contributed by atoms with van der Waals surface area (Å²) in [7, 11) is -3.00. The van der Waals surface area contributed by atoms with Crippen LogP contribution in [0.4, 0.5) is 0 Å². The topological polar surface area (TPSA) is 46.6 Å². The van der Waals surface area contributed by atoms with E-state index in [-0.39, 0.29) is 0 Å². The second kappa shape index (κ2) is 3.51. The highest BCUT2D eigenvalue weighted by Crippen LogP contribution is 2.03. The third-order valence-corrected chi connectivity index (χ3v) is 2.95. The van der Waals surface area contributed by atoms with Crippen molar-refractivity contribution < 1.29 is 13.2 Å². The van der Waals surface area contributed by atoms with E-state index in [1.165, 1.54) is 10.6 Å². The van der Waals surface area contributed by atoms with Crippen molar-refractivity contribution in [2.45, 2.75) is 6.42 Å². The molecule has 0 saturated carbocycles. The van der Waals surface area contributed by atoms with E-state index in [0.717, 1.165) is 6.42 Å². The molecule has 1 aliphatic heterocycles. The van der Waals surface area contributed by atoms with Crippen molar-refractivity contribution in [3.63, 3.8) is 0 Å². The predicted octanol–water partition coefficient (Wildman–Crippen LogP) is -0.332. The Balaban J connectivity index is 2.57. The first-order chi connectivity index (χ1) is 5.11. The third kappa shape index (κ3) is 2.76. The minimum absolute atomic E-state index is 0.499. The molecule has 0 aliphatic carbocycles. The zero-order valence-corrected chi connectivity index (χ0v) is 7.43. The van der Waals surface area contributed by atoms with Crippen molar-refractivity contribution >= 4 is 10.0 Å². The molecule has 1 rings (SSSR count). The van der Waals surface area contributed by atoms with E-state index in [9.17, 15) is 8.42 Å². The van der Waals surface area contributed by atoms with Gasteiger partial charge in [-0.2, -0.15) is 4.31 Å². The molecular weight excluding hydrogens is 166 g/mol. The fourth-order valence-corrected chi connectivity index (χ4v) is 1.92. The van der Waals surface area contributed by atoms with E-state index in [1.54, 1.807) is 0 Å². The highest BCUT2D eigenvalue weighted by Gasteiger charge is 2.17. The summed E-state index contributed by atoms with van der Waals surface area (Å²) in [6.45, 7) is 2.29. The Morgan fingerprint density at radius 3 is 2.64 bits per heavy atom. The largest absolute Gasteiger partial charge is 0.380 e. The van der Waals surface area contributed by atoms with Crippen LogP contribution in [-0.2, 0) is 14.8 Å². The van der Waals surface area contributed by atoms with Crippen molar-refractivity contribution in [3.05, 3.63) is 0 Å². The predicted molar refractivity (Wildman–Crippen MR) is 41.9 cm³/mol. The van der Waals surface area contributed by atoms with E-state index < -0.39 is 10.0 Å². The summed E-state index contributed by atoms with van der Waals surface area (Å²) in [6, 6.07) is 0. The Morgan fingerprint density at radius 1 is 1.27 bits per heavy atom. The zero-order chi connectivity index (χ0) is 8.32. The summed E-state index contributed by atoms with van der Waals surface area (Å²) in [4.78, 5) is 0. The first kappa shape index (κ1) is 8.96. The highest BCUT2D eigenvalue weighted by atomic mass is 32.2. The van der Waals surface area contributed by atoms with E-state index in [0.29, 0.717) is 26.3 Å². The molecule has 1 aliphatic rings. The molecule has 0 aromatic heterocycles. The summed E-state index contributed by atoms with van der Waals surface area (Å²) in [5, 5.41) is 0. The van der Waals surface area contributed by atoms with Gasteiger partial charge in [-0.05, 0) is 6.42 Å². The van der Waals surface area contributed by atoms with E-state index in [2.05, 4.69) is 0 Å².